The van der Waals surface area contributed by atoms with Gasteiger partial charge in [-0.15, -0.1) is 11.3 Å². The molecule has 0 aliphatic carbocycles. The number of sulfonamides is 1. The average molecular weight is 513 g/mol. The zero-order valence-electron chi connectivity index (χ0n) is 14.6. The fourth-order valence-corrected chi connectivity index (χ4v) is 6.81. The lowest BCUT2D eigenvalue weighted by Gasteiger charge is -2.15. The van der Waals surface area contributed by atoms with E-state index >= 15 is 0 Å². The number of amides is 1. The van der Waals surface area contributed by atoms with E-state index in [0.717, 1.165) is 29.5 Å². The normalized spacial score (nSPS) is 13.9. The van der Waals surface area contributed by atoms with Crippen LogP contribution in [0.2, 0.25) is 10.0 Å². The van der Waals surface area contributed by atoms with Gasteiger partial charge in [-0.3, -0.25) is 4.79 Å². The van der Waals surface area contributed by atoms with Crippen LogP contribution in [0.5, 0.6) is 5.75 Å². The number of hydrogen-bond donors (Lipinski definition) is 3. The first kappa shape index (κ1) is 23.0. The number of thiophene rings is 1. The van der Waals surface area contributed by atoms with Crippen molar-refractivity contribution in [3.8, 4) is 5.75 Å². The smallest absolute Gasteiger partial charge is 0.391 e. The van der Waals surface area contributed by atoms with Gasteiger partial charge in [0.25, 0.3) is 10.0 Å². The molecule has 0 radical (unpaired) electrons. The summed E-state index contributed by atoms with van der Waals surface area (Å²) in [5, 5.41) is 0.984. The number of carbonyl (C=O) groups excluding carboxylic acids is 1. The van der Waals surface area contributed by atoms with Crippen molar-refractivity contribution in [1.82, 2.24) is 4.72 Å². The van der Waals surface area contributed by atoms with Gasteiger partial charge in [-0.25, -0.2) is 17.4 Å². The van der Waals surface area contributed by atoms with Crippen LogP contribution in [-0.2, 0) is 14.6 Å². The number of fused-ring (bicyclic) bond motifs is 1. The molecule has 2 aromatic carbocycles. The molecule has 0 aliphatic rings. The summed E-state index contributed by atoms with van der Waals surface area (Å²) < 4.78 is 58.0. The maximum atomic E-state index is 13.8. The Kier molecular flexibility index (Phi) is 6.45. The Morgan fingerprint density at radius 1 is 1.23 bits per heavy atom. The fourth-order valence-electron chi connectivity index (χ4n) is 2.32. The van der Waals surface area contributed by atoms with Crippen LogP contribution >= 0.6 is 42.1 Å². The first-order valence-corrected chi connectivity index (χ1v) is 12.7. The highest BCUT2D eigenvalue weighted by atomic mass is 35.5. The summed E-state index contributed by atoms with van der Waals surface area (Å²) in [4.78, 5) is 21.1. The Balaban J connectivity index is 1.81. The number of hydrogen-bond acceptors (Lipinski definition) is 6. The molecule has 1 unspecified atom stereocenters. The molecule has 160 valence electrons. The van der Waals surface area contributed by atoms with Crippen LogP contribution in [0.4, 0.5) is 4.39 Å². The zero-order valence-corrected chi connectivity index (χ0v) is 18.7. The summed E-state index contributed by atoms with van der Waals surface area (Å²) in [6.45, 7) is 0. The van der Waals surface area contributed by atoms with E-state index in [1.54, 1.807) is 0 Å². The van der Waals surface area contributed by atoms with Crippen LogP contribution in [-0.4, -0.2) is 25.5 Å². The summed E-state index contributed by atoms with van der Waals surface area (Å²) in [5.74, 6) is -2.67. The Morgan fingerprint density at radius 2 is 1.90 bits per heavy atom. The number of primary amides is 1. The van der Waals surface area contributed by atoms with E-state index < -0.39 is 41.4 Å². The molecule has 0 saturated heterocycles. The third-order valence-corrected chi connectivity index (χ3v) is 8.79. The second kappa shape index (κ2) is 8.43. The number of nitrogens with one attached hydrogen (secondary N) is 1. The lowest BCUT2D eigenvalue weighted by Crippen LogP contribution is -2.25. The van der Waals surface area contributed by atoms with Crippen molar-refractivity contribution < 1.29 is 31.6 Å². The lowest BCUT2D eigenvalue weighted by atomic mass is 10.2. The van der Waals surface area contributed by atoms with Crippen molar-refractivity contribution in [2.75, 3.05) is 6.29 Å². The largest absolute Gasteiger partial charge is 0.420 e. The van der Waals surface area contributed by atoms with Crippen LogP contribution in [0.15, 0.2) is 40.6 Å². The molecule has 1 aromatic heterocycles. The second-order valence-corrected chi connectivity index (χ2v) is 11.5. The minimum absolute atomic E-state index is 0.161. The minimum atomic E-state index is -4.69. The molecule has 1 atom stereocenters. The van der Waals surface area contributed by atoms with Gasteiger partial charge in [0, 0.05) is 16.0 Å². The SMILES string of the molecule is NC(=O)c1ccc(F)c(OP(=O)(O)CNS(=O)(=O)c2cc3c(Cl)ccc(Cl)c3s2)c1. The highest BCUT2D eigenvalue weighted by Crippen LogP contribution is 2.43. The zero-order chi connectivity index (χ0) is 22.3. The topological polar surface area (TPSA) is 136 Å². The van der Waals surface area contributed by atoms with E-state index in [2.05, 4.69) is 0 Å². The number of rotatable bonds is 7. The standard InChI is InChI=1S/C16H12Cl2FN2O6PS2/c17-10-2-3-11(18)15-9(10)6-14(29-15)30(25,26)21-7-28(23,24)27-13-5-8(16(20)22)1-4-12(13)19/h1-6,21H,7H2,(H2,20,22)(H,23,24). The van der Waals surface area contributed by atoms with Crippen molar-refractivity contribution in [2.45, 2.75) is 4.21 Å². The predicted molar refractivity (Wildman–Crippen MR) is 112 cm³/mol. The van der Waals surface area contributed by atoms with Gasteiger partial charge in [-0.1, -0.05) is 23.2 Å². The molecule has 1 heterocycles. The van der Waals surface area contributed by atoms with Crippen LogP contribution in [0, 0.1) is 5.82 Å². The number of benzene rings is 2. The molecule has 14 heteroatoms. The van der Waals surface area contributed by atoms with Gasteiger partial charge < -0.3 is 15.2 Å². The monoisotopic (exact) mass is 512 g/mol. The molecule has 3 aromatic rings. The first-order chi connectivity index (χ1) is 13.9. The summed E-state index contributed by atoms with van der Waals surface area (Å²) >= 11 is 12.9. The van der Waals surface area contributed by atoms with E-state index in [9.17, 15) is 27.1 Å². The van der Waals surface area contributed by atoms with Crippen LogP contribution in [0.25, 0.3) is 10.1 Å². The van der Waals surface area contributed by atoms with Crippen LogP contribution in [0.3, 0.4) is 0 Å². The Hall–Kier alpha value is -1.72. The maximum absolute atomic E-state index is 13.8. The van der Waals surface area contributed by atoms with E-state index in [1.165, 1.54) is 18.2 Å². The van der Waals surface area contributed by atoms with Crippen LogP contribution in [0.1, 0.15) is 10.4 Å². The van der Waals surface area contributed by atoms with Gasteiger partial charge in [0.15, 0.2) is 11.6 Å². The number of carbonyl (C=O) groups is 1. The van der Waals surface area contributed by atoms with Gasteiger partial charge in [0.1, 0.15) is 10.5 Å². The molecule has 0 spiro atoms. The molecule has 1 amide bonds. The average Bonchev–Trinajstić information content (AvgIpc) is 3.13. The maximum Gasteiger partial charge on any atom is 0.391 e. The fraction of sp³-hybridized carbons (Fsp3) is 0.0625. The molecule has 0 saturated carbocycles. The quantitative estimate of drug-likeness (QED) is 0.410. The highest BCUT2D eigenvalue weighted by Gasteiger charge is 2.28. The number of nitrogens with two attached hydrogens (primary N) is 1. The van der Waals surface area contributed by atoms with Gasteiger partial charge in [-0.05, 0) is 36.4 Å². The van der Waals surface area contributed by atoms with Crippen molar-refractivity contribution in [3.05, 3.63) is 57.8 Å². The van der Waals surface area contributed by atoms with Gasteiger partial charge in [0.2, 0.25) is 5.91 Å². The molecule has 30 heavy (non-hydrogen) atoms. The Labute approximate surface area is 183 Å². The summed E-state index contributed by atoms with van der Waals surface area (Å²) in [7, 11) is -8.93. The molecule has 0 aliphatic heterocycles. The first-order valence-electron chi connectivity index (χ1n) is 7.87. The van der Waals surface area contributed by atoms with E-state index in [4.69, 9.17) is 33.5 Å². The molecular weight excluding hydrogens is 501 g/mol. The third kappa shape index (κ3) is 4.94. The predicted octanol–water partition coefficient (Wildman–Crippen LogP) is 3.95. The van der Waals surface area contributed by atoms with E-state index in [0.29, 0.717) is 15.1 Å². The minimum Gasteiger partial charge on any atom is -0.420 e. The Morgan fingerprint density at radius 3 is 2.53 bits per heavy atom. The van der Waals surface area contributed by atoms with Gasteiger partial charge in [-0.2, -0.15) is 4.72 Å². The van der Waals surface area contributed by atoms with Gasteiger partial charge in [0.05, 0.1) is 9.72 Å². The van der Waals surface area contributed by atoms with Crippen molar-refractivity contribution in [1.29, 1.82) is 0 Å². The van der Waals surface area contributed by atoms with Crippen molar-refractivity contribution in [2.24, 2.45) is 5.73 Å². The third-order valence-electron chi connectivity index (χ3n) is 3.74. The summed E-state index contributed by atoms with van der Waals surface area (Å²) in [5.41, 5.74) is 4.91. The lowest BCUT2D eigenvalue weighted by molar-refractivity contribution is 0.1000. The Bertz CT molecular complexity index is 1280. The number of halogens is 3. The van der Waals surface area contributed by atoms with Crippen LogP contribution < -0.4 is 15.0 Å². The molecule has 0 fully saturated rings. The molecular formula is C16H12Cl2FN2O6PS2. The van der Waals surface area contributed by atoms with Crippen molar-refractivity contribution >= 4 is 68.2 Å². The molecule has 0 bridgehead atoms. The van der Waals surface area contributed by atoms with E-state index in [1.807, 2.05) is 4.72 Å². The molecule has 3 rings (SSSR count). The highest BCUT2D eigenvalue weighted by molar-refractivity contribution is 7.92. The summed E-state index contributed by atoms with van der Waals surface area (Å²) in [6.07, 6.45) is -1.06. The van der Waals surface area contributed by atoms with Gasteiger partial charge >= 0.3 is 7.60 Å². The van der Waals surface area contributed by atoms with E-state index in [-0.39, 0.29) is 14.8 Å². The molecule has 8 nitrogen and oxygen atoms in total. The molecule has 4 N–H and O–H groups in total. The summed E-state index contributed by atoms with van der Waals surface area (Å²) in [6, 6.07) is 7.02. The van der Waals surface area contributed by atoms with Crippen molar-refractivity contribution in [3.63, 3.8) is 0 Å². The second-order valence-electron chi connectivity index (χ2n) is 5.88.